The molecule has 3 aliphatic heterocycles. The normalized spacial score (nSPS) is 27.0. The van der Waals surface area contributed by atoms with E-state index >= 15 is 0 Å². The second-order valence-electron chi connectivity index (χ2n) is 12.0. The maximum atomic E-state index is 14.1. The highest BCUT2D eigenvalue weighted by Crippen LogP contribution is 2.59. The van der Waals surface area contributed by atoms with Crippen molar-refractivity contribution in [2.24, 2.45) is 11.8 Å². The predicted octanol–water partition coefficient (Wildman–Crippen LogP) is 2.87. The first-order valence-electron chi connectivity index (χ1n) is 15.2. The van der Waals surface area contributed by atoms with Crippen LogP contribution in [-0.2, 0) is 28.7 Å². The van der Waals surface area contributed by atoms with Crippen molar-refractivity contribution < 1.29 is 33.8 Å². The highest BCUT2D eigenvalue weighted by molar-refractivity contribution is 5.98. The molecule has 3 amide bonds. The molecule has 0 aromatic heterocycles. The van der Waals surface area contributed by atoms with Gasteiger partial charge in [0.1, 0.15) is 17.7 Å². The van der Waals surface area contributed by atoms with Crippen molar-refractivity contribution in [3.63, 3.8) is 0 Å². The van der Waals surface area contributed by atoms with Gasteiger partial charge in [-0.05, 0) is 45.6 Å². The Morgan fingerprint density at radius 3 is 2.49 bits per heavy atom. The number of amides is 3. The molecule has 10 heteroatoms. The Kier molecular flexibility index (Phi) is 10.1. The van der Waals surface area contributed by atoms with Crippen molar-refractivity contribution in [2.45, 2.75) is 82.4 Å². The Labute approximate surface area is 254 Å². The van der Waals surface area contributed by atoms with Crippen molar-refractivity contribution in [1.29, 1.82) is 0 Å². The molecule has 4 rings (SSSR count). The molecule has 10 nitrogen and oxygen atoms in total. The zero-order valence-corrected chi connectivity index (χ0v) is 25.7. The van der Waals surface area contributed by atoms with Crippen LogP contribution in [0.1, 0.15) is 58.1 Å². The number of hydrogen-bond acceptors (Lipinski definition) is 7. The minimum absolute atomic E-state index is 0.0510. The summed E-state index contributed by atoms with van der Waals surface area (Å²) in [6.45, 7) is 13.0. The summed E-state index contributed by atoms with van der Waals surface area (Å²) in [5.74, 6) is -3.22. The summed E-state index contributed by atoms with van der Waals surface area (Å²) in [5.41, 5.74) is -0.479. The number of hydrogen-bond donors (Lipinski definition) is 1. The number of β-amino-alcohol motifs (C(OH)–C–C–N with tert-alkyl or cyclic N) is 1. The van der Waals surface area contributed by atoms with Crippen LogP contribution in [0.5, 0.6) is 0 Å². The van der Waals surface area contributed by atoms with E-state index in [-0.39, 0.29) is 43.3 Å². The molecule has 2 bridgehead atoms. The molecule has 43 heavy (non-hydrogen) atoms. The Bertz CT molecular complexity index is 1220. The van der Waals surface area contributed by atoms with Gasteiger partial charge in [0.05, 0.1) is 30.6 Å². The van der Waals surface area contributed by atoms with Crippen LogP contribution in [-0.4, -0.2) is 100 Å². The van der Waals surface area contributed by atoms with E-state index in [9.17, 15) is 24.3 Å². The summed E-state index contributed by atoms with van der Waals surface area (Å²) in [4.78, 5) is 59.6. The van der Waals surface area contributed by atoms with Gasteiger partial charge in [0, 0.05) is 32.6 Å². The number of carbonyl (C=O) groups is 4. The molecule has 3 fully saturated rings. The molecule has 0 aliphatic carbocycles. The number of benzene rings is 1. The number of allylic oxidation sites excluding steroid dienone is 1. The number of aliphatic hydroxyl groups excluding tert-OH is 1. The SMILES string of the molecule is C=CCCC(=O)N(C)[C@@H](C)[C@@H](OC(=O)[C@@H]1[C@H]2C(=O)N(CCO)[C@H](C(=O)N(CC=C)C(C)C)[C@]23CC[C@H]1O3)c1ccccc1. The molecule has 3 aliphatic rings. The van der Waals surface area contributed by atoms with Crippen molar-refractivity contribution in [3.05, 3.63) is 61.2 Å². The van der Waals surface area contributed by atoms with Crippen LogP contribution in [0.15, 0.2) is 55.6 Å². The van der Waals surface area contributed by atoms with E-state index in [0.717, 1.165) is 5.56 Å². The molecule has 3 heterocycles. The fourth-order valence-electron chi connectivity index (χ4n) is 7.02. The van der Waals surface area contributed by atoms with E-state index in [2.05, 4.69) is 13.2 Å². The smallest absolute Gasteiger partial charge is 0.313 e. The molecule has 0 unspecified atom stereocenters. The molecular formula is C33H45N3O7. The van der Waals surface area contributed by atoms with Gasteiger partial charge < -0.3 is 29.3 Å². The van der Waals surface area contributed by atoms with Crippen LogP contribution < -0.4 is 0 Å². The van der Waals surface area contributed by atoms with E-state index in [0.29, 0.717) is 25.8 Å². The summed E-state index contributed by atoms with van der Waals surface area (Å²) in [6, 6.07) is 7.58. The van der Waals surface area contributed by atoms with Crippen molar-refractivity contribution in [3.8, 4) is 0 Å². The molecule has 1 aromatic rings. The number of ether oxygens (including phenoxy) is 2. The standard InChI is InChI=1S/C33H45N3O7/c1-7-9-15-25(38)34(6)22(5)28(23-13-11-10-12-14-23)42-32(41)26-24-16-17-33(43-24)27(26)30(39)36(19-20-37)29(33)31(40)35(18-8-2)21(3)4/h7-8,10-14,21-22,24,26-29,37H,1-2,9,15-20H2,3-6H3/t22-,24+,26-,27-,28+,29+,33-/m0/s1. The monoisotopic (exact) mass is 595 g/mol. The van der Waals surface area contributed by atoms with Crippen molar-refractivity contribution in [2.75, 3.05) is 26.7 Å². The summed E-state index contributed by atoms with van der Waals surface area (Å²) in [6.07, 6.45) is 3.69. The van der Waals surface area contributed by atoms with Crippen LogP contribution in [0.3, 0.4) is 0 Å². The first-order valence-corrected chi connectivity index (χ1v) is 15.2. The van der Waals surface area contributed by atoms with Crippen LogP contribution in [0, 0.1) is 11.8 Å². The lowest BCUT2D eigenvalue weighted by Gasteiger charge is -2.38. The molecular weight excluding hydrogens is 550 g/mol. The van der Waals surface area contributed by atoms with E-state index in [1.54, 1.807) is 29.0 Å². The van der Waals surface area contributed by atoms with Crippen molar-refractivity contribution >= 4 is 23.7 Å². The van der Waals surface area contributed by atoms with E-state index < -0.39 is 47.7 Å². The maximum Gasteiger partial charge on any atom is 0.313 e. The zero-order valence-electron chi connectivity index (χ0n) is 25.7. The third kappa shape index (κ3) is 5.87. The number of aliphatic hydroxyl groups is 1. The second kappa shape index (κ2) is 13.4. The lowest BCUT2D eigenvalue weighted by molar-refractivity contribution is -0.164. The van der Waals surface area contributed by atoms with Gasteiger partial charge in [-0.25, -0.2) is 0 Å². The van der Waals surface area contributed by atoms with Gasteiger partial charge >= 0.3 is 5.97 Å². The van der Waals surface area contributed by atoms with Crippen LogP contribution >= 0.6 is 0 Å². The second-order valence-corrected chi connectivity index (χ2v) is 12.0. The van der Waals surface area contributed by atoms with Gasteiger partial charge in [-0.1, -0.05) is 42.5 Å². The van der Waals surface area contributed by atoms with Gasteiger partial charge in [0.25, 0.3) is 0 Å². The predicted molar refractivity (Wildman–Crippen MR) is 160 cm³/mol. The average Bonchev–Trinajstić information content (AvgIpc) is 3.64. The largest absolute Gasteiger partial charge is 0.455 e. The number of fused-ring (bicyclic) bond motifs is 1. The number of esters is 1. The lowest BCUT2D eigenvalue weighted by atomic mass is 9.70. The van der Waals surface area contributed by atoms with Gasteiger partial charge in [-0.15, -0.1) is 13.2 Å². The maximum absolute atomic E-state index is 14.1. The number of nitrogens with zero attached hydrogens (tertiary/aromatic N) is 3. The Balaban J connectivity index is 1.66. The fourth-order valence-corrected chi connectivity index (χ4v) is 7.02. The van der Waals surface area contributed by atoms with E-state index in [4.69, 9.17) is 9.47 Å². The molecule has 0 radical (unpaired) electrons. The van der Waals surface area contributed by atoms with Gasteiger partial charge in [-0.2, -0.15) is 0 Å². The van der Waals surface area contributed by atoms with Crippen LogP contribution in [0.2, 0.25) is 0 Å². The summed E-state index contributed by atoms with van der Waals surface area (Å²) in [7, 11) is 1.68. The molecule has 234 valence electrons. The van der Waals surface area contributed by atoms with Gasteiger partial charge in [-0.3, -0.25) is 19.2 Å². The molecule has 7 atom stereocenters. The zero-order chi connectivity index (χ0) is 31.5. The fraction of sp³-hybridized carbons (Fsp3) is 0.576. The highest BCUT2D eigenvalue weighted by atomic mass is 16.6. The summed E-state index contributed by atoms with van der Waals surface area (Å²) >= 11 is 0. The van der Waals surface area contributed by atoms with Gasteiger partial charge in [0.15, 0.2) is 0 Å². The number of carbonyl (C=O) groups excluding carboxylic acids is 4. The molecule has 1 aromatic carbocycles. The summed E-state index contributed by atoms with van der Waals surface area (Å²) in [5, 5.41) is 9.85. The topological polar surface area (TPSA) is 117 Å². The summed E-state index contributed by atoms with van der Waals surface area (Å²) < 4.78 is 12.7. The third-order valence-corrected chi connectivity index (χ3v) is 9.26. The molecule has 1 N–H and O–H groups in total. The van der Waals surface area contributed by atoms with Gasteiger partial charge in [0.2, 0.25) is 17.7 Å². The van der Waals surface area contributed by atoms with E-state index in [1.807, 2.05) is 51.1 Å². The Morgan fingerprint density at radius 1 is 1.19 bits per heavy atom. The number of rotatable bonds is 14. The Hall–Kier alpha value is -3.50. The Morgan fingerprint density at radius 2 is 1.88 bits per heavy atom. The van der Waals surface area contributed by atoms with Crippen LogP contribution in [0.25, 0.3) is 0 Å². The first-order chi connectivity index (χ1) is 20.5. The molecule has 0 saturated carbocycles. The quantitative estimate of drug-likeness (QED) is 0.260. The first kappa shape index (κ1) is 32.4. The minimum Gasteiger partial charge on any atom is -0.455 e. The average molecular weight is 596 g/mol. The van der Waals surface area contributed by atoms with E-state index in [1.165, 1.54) is 4.90 Å². The van der Waals surface area contributed by atoms with Crippen LogP contribution in [0.4, 0.5) is 0 Å². The highest BCUT2D eigenvalue weighted by Gasteiger charge is 2.75. The van der Waals surface area contributed by atoms with Crippen molar-refractivity contribution in [1.82, 2.24) is 14.7 Å². The number of likely N-dealkylation sites (tertiary alicyclic amines) is 1. The molecule has 3 saturated heterocycles. The molecule has 1 spiro atoms. The number of likely N-dealkylation sites (N-methyl/N-ethyl adjacent to an activating group) is 1. The third-order valence-electron chi connectivity index (χ3n) is 9.26. The minimum atomic E-state index is -1.20. The lowest BCUT2D eigenvalue weighted by Crippen LogP contribution is -2.57.